The standard InChI is InChI=1S/C22H36N4O4/c1-17(18-8-6-11-29-13-14-30-12-9-18)25-21(22(28)24-15-20(27)23-2)19-7-4-5-10-26(3)16-19/h9H,4-8,10-16H2,1-3H3,(H,23,27)(H,24,28)/b18-9+,21-19+,25-17-. The highest BCUT2D eigenvalue weighted by molar-refractivity contribution is 6.04. The molecule has 2 aliphatic rings. The van der Waals surface area contributed by atoms with Crippen LogP contribution >= 0.6 is 0 Å². The molecule has 0 bridgehead atoms. The normalized spacial score (nSPS) is 23.6. The van der Waals surface area contributed by atoms with Crippen molar-refractivity contribution in [2.75, 3.05) is 60.2 Å². The van der Waals surface area contributed by atoms with E-state index in [-0.39, 0.29) is 18.4 Å². The van der Waals surface area contributed by atoms with E-state index in [9.17, 15) is 9.59 Å². The third-order valence-corrected chi connectivity index (χ3v) is 5.27. The largest absolute Gasteiger partial charge is 0.379 e. The summed E-state index contributed by atoms with van der Waals surface area (Å²) in [6.45, 7) is 5.95. The van der Waals surface area contributed by atoms with Crippen molar-refractivity contribution in [1.82, 2.24) is 15.5 Å². The van der Waals surface area contributed by atoms with Crippen molar-refractivity contribution in [1.29, 1.82) is 0 Å². The van der Waals surface area contributed by atoms with Gasteiger partial charge in [0.05, 0.1) is 26.4 Å². The van der Waals surface area contributed by atoms with Gasteiger partial charge in [-0.3, -0.25) is 9.59 Å². The van der Waals surface area contributed by atoms with Gasteiger partial charge in [0.1, 0.15) is 5.70 Å². The summed E-state index contributed by atoms with van der Waals surface area (Å²) in [6.07, 6.45) is 6.72. The predicted molar refractivity (Wildman–Crippen MR) is 118 cm³/mol. The molecule has 0 spiro atoms. The molecule has 2 N–H and O–H groups in total. The first kappa shape index (κ1) is 24.2. The van der Waals surface area contributed by atoms with Crippen molar-refractivity contribution in [2.24, 2.45) is 4.99 Å². The van der Waals surface area contributed by atoms with Crippen molar-refractivity contribution in [3.05, 3.63) is 22.9 Å². The monoisotopic (exact) mass is 420 g/mol. The molecule has 0 saturated carbocycles. The Hall–Kier alpha value is -2.03. The molecule has 0 unspecified atom stereocenters. The van der Waals surface area contributed by atoms with Crippen LogP contribution in [-0.2, 0) is 19.1 Å². The molecule has 30 heavy (non-hydrogen) atoms. The fourth-order valence-electron chi connectivity index (χ4n) is 3.52. The average Bonchev–Trinajstić information content (AvgIpc) is 2.97. The third kappa shape index (κ3) is 8.38. The topological polar surface area (TPSA) is 92.3 Å². The van der Waals surface area contributed by atoms with Gasteiger partial charge in [-0.2, -0.15) is 0 Å². The van der Waals surface area contributed by atoms with E-state index >= 15 is 0 Å². The quantitative estimate of drug-likeness (QED) is 0.519. The first-order valence-corrected chi connectivity index (χ1v) is 10.8. The zero-order valence-electron chi connectivity index (χ0n) is 18.6. The summed E-state index contributed by atoms with van der Waals surface area (Å²) in [5.74, 6) is -0.540. The summed E-state index contributed by atoms with van der Waals surface area (Å²) in [7, 11) is 3.61. The van der Waals surface area contributed by atoms with E-state index in [0.717, 1.165) is 55.5 Å². The number of nitrogens with zero attached hydrogens (tertiary/aromatic N) is 2. The van der Waals surface area contributed by atoms with Gasteiger partial charge in [0, 0.05) is 25.9 Å². The van der Waals surface area contributed by atoms with E-state index in [0.29, 0.717) is 38.7 Å². The molecule has 1 saturated heterocycles. The summed E-state index contributed by atoms with van der Waals surface area (Å²) >= 11 is 0. The van der Waals surface area contributed by atoms with Crippen molar-refractivity contribution in [3.8, 4) is 0 Å². The van der Waals surface area contributed by atoms with Crippen molar-refractivity contribution in [2.45, 2.75) is 39.0 Å². The number of carbonyl (C=O) groups excluding carboxylic acids is 2. The van der Waals surface area contributed by atoms with E-state index in [1.807, 2.05) is 13.0 Å². The van der Waals surface area contributed by atoms with Crippen LogP contribution in [0.25, 0.3) is 0 Å². The molecule has 0 radical (unpaired) electrons. The van der Waals surface area contributed by atoms with E-state index < -0.39 is 0 Å². The molecular formula is C22H36N4O4. The Balaban J connectivity index is 2.30. The molecule has 168 valence electrons. The highest BCUT2D eigenvalue weighted by Crippen LogP contribution is 2.21. The smallest absolute Gasteiger partial charge is 0.270 e. The van der Waals surface area contributed by atoms with Gasteiger partial charge in [-0.15, -0.1) is 0 Å². The second-order valence-electron chi connectivity index (χ2n) is 7.72. The van der Waals surface area contributed by atoms with Crippen LogP contribution in [0.1, 0.15) is 39.0 Å². The van der Waals surface area contributed by atoms with Crippen LogP contribution in [0.4, 0.5) is 0 Å². The van der Waals surface area contributed by atoms with E-state index in [4.69, 9.17) is 14.5 Å². The minimum Gasteiger partial charge on any atom is -0.379 e. The Labute approximate surface area is 179 Å². The Morgan fingerprint density at radius 1 is 1.13 bits per heavy atom. The number of rotatable bonds is 5. The summed E-state index contributed by atoms with van der Waals surface area (Å²) < 4.78 is 11.1. The van der Waals surface area contributed by atoms with E-state index in [1.165, 1.54) is 0 Å². The Morgan fingerprint density at radius 2 is 1.93 bits per heavy atom. The number of hydrogen-bond donors (Lipinski definition) is 2. The number of nitrogens with one attached hydrogen (secondary N) is 2. The van der Waals surface area contributed by atoms with Crippen LogP contribution < -0.4 is 10.6 Å². The maximum atomic E-state index is 13.0. The maximum absolute atomic E-state index is 13.0. The van der Waals surface area contributed by atoms with Gasteiger partial charge < -0.3 is 25.0 Å². The number of ether oxygens (including phenoxy) is 2. The lowest BCUT2D eigenvalue weighted by Gasteiger charge is -2.17. The minimum absolute atomic E-state index is 0.0651. The average molecular weight is 421 g/mol. The zero-order valence-corrected chi connectivity index (χ0v) is 18.6. The fourth-order valence-corrected chi connectivity index (χ4v) is 3.52. The molecule has 0 atom stereocenters. The molecule has 2 amide bonds. The fraction of sp³-hybridized carbons (Fsp3) is 0.682. The van der Waals surface area contributed by atoms with Crippen LogP contribution in [0.3, 0.4) is 0 Å². The van der Waals surface area contributed by atoms with Crippen LogP contribution in [0, 0.1) is 0 Å². The molecular weight excluding hydrogens is 384 g/mol. The van der Waals surface area contributed by atoms with Crippen LogP contribution in [0.15, 0.2) is 27.9 Å². The Morgan fingerprint density at radius 3 is 2.73 bits per heavy atom. The summed E-state index contributed by atoms with van der Waals surface area (Å²) in [6, 6.07) is 0. The number of aliphatic imine (C=N–C) groups is 1. The molecule has 0 aromatic carbocycles. The number of carbonyl (C=O) groups is 2. The number of allylic oxidation sites excluding steroid dienone is 1. The van der Waals surface area contributed by atoms with Crippen LogP contribution in [0.5, 0.6) is 0 Å². The minimum atomic E-state index is -0.303. The molecule has 0 aromatic heterocycles. The van der Waals surface area contributed by atoms with Crippen LogP contribution in [0.2, 0.25) is 0 Å². The SMILES string of the molecule is CNC(=O)CNC(=O)C(/N=C(C)\C1=C\COCCOCCC1)=C1/CCCCN(C)C1. The van der Waals surface area contributed by atoms with Gasteiger partial charge in [-0.25, -0.2) is 4.99 Å². The molecule has 0 aromatic rings. The first-order valence-electron chi connectivity index (χ1n) is 10.8. The molecule has 2 heterocycles. The second kappa shape index (κ2) is 13.3. The number of amides is 2. The van der Waals surface area contributed by atoms with Gasteiger partial charge in [-0.05, 0) is 63.8 Å². The molecule has 8 nitrogen and oxygen atoms in total. The summed E-state index contributed by atoms with van der Waals surface area (Å²) in [4.78, 5) is 31.6. The van der Waals surface area contributed by atoms with Gasteiger partial charge in [0.25, 0.3) is 5.91 Å². The zero-order chi connectivity index (χ0) is 21.8. The van der Waals surface area contributed by atoms with Gasteiger partial charge in [0.2, 0.25) is 5.91 Å². The predicted octanol–water partition coefficient (Wildman–Crippen LogP) is 1.43. The van der Waals surface area contributed by atoms with Crippen LogP contribution in [-0.4, -0.2) is 82.6 Å². The molecule has 8 heteroatoms. The second-order valence-corrected chi connectivity index (χ2v) is 7.72. The van der Waals surface area contributed by atoms with Gasteiger partial charge in [-0.1, -0.05) is 6.08 Å². The first-order chi connectivity index (χ1) is 14.5. The summed E-state index contributed by atoms with van der Waals surface area (Å²) in [5, 5.41) is 5.24. The molecule has 0 aliphatic carbocycles. The van der Waals surface area contributed by atoms with E-state index in [1.54, 1.807) is 7.05 Å². The third-order valence-electron chi connectivity index (χ3n) is 5.27. The Kier molecular flexibility index (Phi) is 10.8. The van der Waals surface area contributed by atoms with Crippen molar-refractivity contribution >= 4 is 17.5 Å². The van der Waals surface area contributed by atoms with Gasteiger partial charge in [0.15, 0.2) is 0 Å². The van der Waals surface area contributed by atoms with Gasteiger partial charge >= 0.3 is 0 Å². The molecule has 1 fully saturated rings. The highest BCUT2D eigenvalue weighted by Gasteiger charge is 2.20. The molecule has 2 aliphatic heterocycles. The number of likely N-dealkylation sites (N-methyl/N-ethyl adjacent to an activating group) is 2. The van der Waals surface area contributed by atoms with E-state index in [2.05, 4.69) is 22.6 Å². The number of hydrogen-bond acceptors (Lipinski definition) is 6. The lowest BCUT2D eigenvalue weighted by molar-refractivity contribution is -0.124. The number of likely N-dealkylation sites (tertiary alicyclic amines) is 1. The maximum Gasteiger partial charge on any atom is 0.270 e. The Bertz CT molecular complexity index is 685. The van der Waals surface area contributed by atoms with Crippen molar-refractivity contribution in [3.63, 3.8) is 0 Å². The molecule has 2 rings (SSSR count). The summed E-state index contributed by atoms with van der Waals surface area (Å²) in [5.41, 5.74) is 3.33. The lowest BCUT2D eigenvalue weighted by atomic mass is 10.0. The highest BCUT2D eigenvalue weighted by atomic mass is 16.5. The van der Waals surface area contributed by atoms with Crippen molar-refractivity contribution < 1.29 is 19.1 Å². The lowest BCUT2D eigenvalue weighted by Crippen LogP contribution is -2.36.